The van der Waals surface area contributed by atoms with E-state index in [0.717, 1.165) is 81.9 Å². The molecule has 0 spiro atoms. The predicted molar refractivity (Wildman–Crippen MR) is 140 cm³/mol. The Morgan fingerprint density at radius 2 is 1.50 bits per heavy atom. The van der Waals surface area contributed by atoms with Crippen molar-refractivity contribution in [1.29, 1.82) is 10.8 Å². The number of hydrogen-bond donors (Lipinski definition) is 8. The van der Waals surface area contributed by atoms with Gasteiger partial charge in [0, 0.05) is 37.8 Å². The summed E-state index contributed by atoms with van der Waals surface area (Å²) in [6.45, 7) is 4.43. The van der Waals surface area contributed by atoms with Crippen LogP contribution in [-0.4, -0.2) is 63.1 Å². The first-order chi connectivity index (χ1) is 16.5. The molecule has 1 aliphatic heterocycles. The number of nitrogens with zero attached hydrogens (tertiary/aromatic N) is 1. The largest absolute Gasteiger partial charge is 0.494 e. The van der Waals surface area contributed by atoms with Gasteiger partial charge in [-0.1, -0.05) is 25.7 Å². The fourth-order valence-corrected chi connectivity index (χ4v) is 3.55. The lowest BCUT2D eigenvalue weighted by Crippen LogP contribution is -2.44. The Morgan fingerprint density at radius 3 is 2.09 bits per heavy atom. The molecule has 0 fully saturated rings. The van der Waals surface area contributed by atoms with E-state index in [1.807, 2.05) is 24.3 Å². The molecule has 0 saturated carbocycles. The molecule has 0 saturated heterocycles. The van der Waals surface area contributed by atoms with Crippen molar-refractivity contribution in [3.05, 3.63) is 29.8 Å². The highest BCUT2D eigenvalue weighted by atomic mass is 16.5. The predicted octanol–water partition coefficient (Wildman–Crippen LogP) is 1.46. The second-order valence-corrected chi connectivity index (χ2v) is 8.60. The molecule has 0 radical (unpaired) electrons. The third kappa shape index (κ3) is 12.3. The van der Waals surface area contributed by atoms with Gasteiger partial charge in [0.1, 0.15) is 11.6 Å². The summed E-state index contributed by atoms with van der Waals surface area (Å²) in [5.74, 6) is 2.19. The van der Waals surface area contributed by atoms with Gasteiger partial charge in [-0.15, -0.1) is 0 Å². The van der Waals surface area contributed by atoms with Crippen molar-refractivity contribution in [3.63, 3.8) is 0 Å². The summed E-state index contributed by atoms with van der Waals surface area (Å²) in [6.07, 6.45) is 8.71. The molecule has 190 valence electrons. The maximum absolute atomic E-state index is 7.94. The molecule has 2 rings (SSSR count). The van der Waals surface area contributed by atoms with Gasteiger partial charge >= 0.3 is 0 Å². The lowest BCUT2D eigenvalue weighted by molar-refractivity contribution is 0.307. The minimum Gasteiger partial charge on any atom is -0.494 e. The van der Waals surface area contributed by atoms with Crippen LogP contribution in [0, 0.1) is 10.8 Å². The van der Waals surface area contributed by atoms with Crippen LogP contribution in [0.15, 0.2) is 29.3 Å². The van der Waals surface area contributed by atoms with Crippen LogP contribution in [0.1, 0.15) is 56.9 Å². The van der Waals surface area contributed by atoms with Crippen molar-refractivity contribution in [2.75, 3.05) is 39.3 Å². The third-order valence-corrected chi connectivity index (χ3v) is 5.51. The van der Waals surface area contributed by atoms with Crippen LogP contribution in [0.25, 0.3) is 0 Å². The highest BCUT2D eigenvalue weighted by Gasteiger charge is 2.12. The Balaban J connectivity index is 1.40. The summed E-state index contributed by atoms with van der Waals surface area (Å²) in [7, 11) is 0. The summed E-state index contributed by atoms with van der Waals surface area (Å²) in [5.41, 5.74) is 12.1. The zero-order valence-electron chi connectivity index (χ0n) is 20.3. The van der Waals surface area contributed by atoms with E-state index in [4.69, 9.17) is 27.0 Å². The fourth-order valence-electron chi connectivity index (χ4n) is 3.55. The molecule has 10 heteroatoms. The van der Waals surface area contributed by atoms with Crippen LogP contribution in [0.5, 0.6) is 5.75 Å². The summed E-state index contributed by atoms with van der Waals surface area (Å²) in [5, 5.41) is 27.3. The van der Waals surface area contributed by atoms with Crippen LogP contribution in [-0.2, 0) is 0 Å². The van der Waals surface area contributed by atoms with Crippen LogP contribution in [0.4, 0.5) is 0 Å². The van der Waals surface area contributed by atoms with Crippen LogP contribution < -0.4 is 37.5 Å². The van der Waals surface area contributed by atoms with Crippen molar-refractivity contribution in [2.24, 2.45) is 16.5 Å². The van der Waals surface area contributed by atoms with Gasteiger partial charge in [0.15, 0.2) is 11.9 Å². The number of ether oxygens (including phenoxy) is 1. The number of benzene rings is 1. The topological polar surface area (TPSA) is 169 Å². The Morgan fingerprint density at radius 1 is 0.912 bits per heavy atom. The quantitative estimate of drug-likeness (QED) is 0.102. The minimum atomic E-state index is 0.0481. The monoisotopic (exact) mass is 473 g/mol. The molecule has 0 aromatic heterocycles. The number of aliphatic imine (C=N–C) groups is 1. The summed E-state index contributed by atoms with van der Waals surface area (Å²) < 4.78 is 5.82. The van der Waals surface area contributed by atoms with E-state index < -0.39 is 0 Å². The number of hydrogen-bond acceptors (Lipinski definition) is 6. The van der Waals surface area contributed by atoms with E-state index in [2.05, 4.69) is 26.3 Å². The molecular formula is C24H43N9O. The SMILES string of the molecule is N=C(N)NCCCCCCCCNC(=N)NCCCCOc1ccc(C2=NCC(N)CN2)cc1. The fraction of sp³-hybridized carbons (Fsp3) is 0.625. The van der Waals surface area contributed by atoms with Gasteiger partial charge in [-0.3, -0.25) is 15.8 Å². The van der Waals surface area contributed by atoms with Gasteiger partial charge in [-0.2, -0.15) is 0 Å². The van der Waals surface area contributed by atoms with E-state index in [0.29, 0.717) is 19.1 Å². The van der Waals surface area contributed by atoms with Gasteiger partial charge in [0.25, 0.3) is 0 Å². The molecule has 0 bridgehead atoms. The van der Waals surface area contributed by atoms with Crippen molar-refractivity contribution in [1.82, 2.24) is 21.3 Å². The Bertz CT molecular complexity index is 751. The molecule has 1 atom stereocenters. The molecule has 34 heavy (non-hydrogen) atoms. The minimum absolute atomic E-state index is 0.0481. The molecule has 1 aliphatic rings. The maximum atomic E-state index is 7.94. The highest BCUT2D eigenvalue weighted by molar-refractivity contribution is 5.99. The first-order valence-electron chi connectivity index (χ1n) is 12.5. The van der Waals surface area contributed by atoms with Crippen molar-refractivity contribution in [2.45, 2.75) is 57.4 Å². The number of rotatable bonds is 16. The van der Waals surface area contributed by atoms with Gasteiger partial charge in [-0.05, 0) is 49.9 Å². The second-order valence-electron chi connectivity index (χ2n) is 8.60. The average molecular weight is 474 g/mol. The average Bonchev–Trinajstić information content (AvgIpc) is 2.83. The molecule has 1 aromatic carbocycles. The zero-order valence-corrected chi connectivity index (χ0v) is 20.3. The van der Waals surface area contributed by atoms with Crippen molar-refractivity contribution in [3.8, 4) is 5.75 Å². The molecule has 1 unspecified atom stereocenters. The number of amidine groups is 1. The first kappa shape index (κ1) is 27.2. The number of unbranched alkanes of at least 4 members (excludes halogenated alkanes) is 6. The Kier molecular flexibility index (Phi) is 13.3. The third-order valence-electron chi connectivity index (χ3n) is 5.51. The molecule has 1 aromatic rings. The molecule has 0 aliphatic carbocycles. The van der Waals surface area contributed by atoms with Gasteiger partial charge in [-0.25, -0.2) is 0 Å². The lowest BCUT2D eigenvalue weighted by atomic mass is 10.1. The standard InChI is InChI=1S/C24H43N9O/c25-20-17-32-22(33-18-20)19-9-11-21(12-10-19)34-16-8-7-15-31-24(28)30-14-6-4-2-1-3-5-13-29-23(26)27/h9-12,20H,1-8,13-18,25H2,(H,32,33)(H4,26,27,29)(H3,28,30,31). The lowest BCUT2D eigenvalue weighted by Gasteiger charge is -2.20. The Hall–Kier alpha value is -3.01. The molecule has 10 N–H and O–H groups in total. The molecule has 10 nitrogen and oxygen atoms in total. The summed E-state index contributed by atoms with van der Waals surface area (Å²) in [6, 6.07) is 8.06. The number of nitrogens with one attached hydrogen (secondary N) is 6. The van der Waals surface area contributed by atoms with Gasteiger partial charge < -0.3 is 37.5 Å². The number of guanidine groups is 2. The highest BCUT2D eigenvalue weighted by Crippen LogP contribution is 2.13. The van der Waals surface area contributed by atoms with E-state index in [9.17, 15) is 0 Å². The maximum Gasteiger partial charge on any atom is 0.188 e. The van der Waals surface area contributed by atoms with E-state index in [-0.39, 0.29) is 12.0 Å². The van der Waals surface area contributed by atoms with E-state index in [1.54, 1.807) is 0 Å². The second kappa shape index (κ2) is 16.6. The van der Waals surface area contributed by atoms with E-state index in [1.165, 1.54) is 12.8 Å². The van der Waals surface area contributed by atoms with Crippen molar-refractivity contribution >= 4 is 17.8 Å². The van der Waals surface area contributed by atoms with Gasteiger partial charge in [0.05, 0.1) is 13.2 Å². The van der Waals surface area contributed by atoms with E-state index >= 15 is 0 Å². The molecule has 0 amide bonds. The number of nitrogens with two attached hydrogens (primary N) is 2. The summed E-state index contributed by atoms with van der Waals surface area (Å²) in [4.78, 5) is 4.47. The smallest absolute Gasteiger partial charge is 0.188 e. The van der Waals surface area contributed by atoms with Gasteiger partial charge in [0.2, 0.25) is 0 Å². The van der Waals surface area contributed by atoms with Crippen LogP contribution >= 0.6 is 0 Å². The summed E-state index contributed by atoms with van der Waals surface area (Å²) >= 11 is 0. The molecular weight excluding hydrogens is 430 g/mol. The first-order valence-corrected chi connectivity index (χ1v) is 12.5. The normalized spacial score (nSPS) is 15.1. The molecule has 1 heterocycles. The van der Waals surface area contributed by atoms with Crippen LogP contribution in [0.3, 0.4) is 0 Å². The Labute approximate surface area is 203 Å². The van der Waals surface area contributed by atoms with Crippen LogP contribution in [0.2, 0.25) is 0 Å². The van der Waals surface area contributed by atoms with Crippen molar-refractivity contribution < 1.29 is 4.74 Å². The zero-order chi connectivity index (χ0) is 24.4.